The topological polar surface area (TPSA) is 75.7 Å². The highest BCUT2D eigenvalue weighted by atomic mass is 79.9. The summed E-state index contributed by atoms with van der Waals surface area (Å²) in [5, 5.41) is 2.88. The molecule has 2 aromatic rings. The second kappa shape index (κ2) is 9.07. The molecule has 28 heavy (non-hydrogen) atoms. The zero-order chi connectivity index (χ0) is 20.1. The molecule has 0 aromatic heterocycles. The molecule has 1 saturated heterocycles. The number of rotatable bonds is 6. The zero-order valence-electron chi connectivity index (χ0n) is 15.6. The lowest BCUT2D eigenvalue weighted by Crippen LogP contribution is -2.43. The minimum Gasteiger partial charge on any atom is -0.494 e. The first-order chi connectivity index (χ1) is 13.4. The molecule has 1 heterocycles. The van der Waals surface area contributed by atoms with Gasteiger partial charge in [-0.1, -0.05) is 15.9 Å². The minimum absolute atomic E-state index is 0.167. The summed E-state index contributed by atoms with van der Waals surface area (Å²) in [6.07, 6.45) is 1.31. The highest BCUT2D eigenvalue weighted by molar-refractivity contribution is 9.10. The molecule has 3 rings (SSSR count). The number of hydrogen-bond donors (Lipinski definition) is 1. The molecule has 1 atom stereocenters. The van der Waals surface area contributed by atoms with Crippen LogP contribution in [0.25, 0.3) is 0 Å². The summed E-state index contributed by atoms with van der Waals surface area (Å²) in [7, 11) is -3.61. The molecule has 0 aliphatic carbocycles. The Morgan fingerprint density at radius 2 is 1.86 bits per heavy atom. The fourth-order valence-corrected chi connectivity index (χ4v) is 4.96. The smallest absolute Gasteiger partial charge is 0.243 e. The van der Waals surface area contributed by atoms with E-state index in [1.54, 1.807) is 48.5 Å². The first-order valence-electron chi connectivity index (χ1n) is 9.19. The molecule has 8 heteroatoms. The van der Waals surface area contributed by atoms with Crippen LogP contribution in [0.4, 0.5) is 5.69 Å². The summed E-state index contributed by atoms with van der Waals surface area (Å²) in [6.45, 7) is 3.09. The highest BCUT2D eigenvalue weighted by Gasteiger charge is 2.33. The maximum Gasteiger partial charge on any atom is 0.243 e. The van der Waals surface area contributed by atoms with Gasteiger partial charge < -0.3 is 10.1 Å². The molecule has 1 aliphatic rings. The predicted octanol–water partition coefficient (Wildman–Crippen LogP) is 3.89. The Balaban J connectivity index is 1.66. The van der Waals surface area contributed by atoms with Crippen LogP contribution in [0.1, 0.15) is 19.8 Å². The summed E-state index contributed by atoms with van der Waals surface area (Å²) in [5.41, 5.74) is 0.668. The first kappa shape index (κ1) is 20.8. The summed E-state index contributed by atoms with van der Waals surface area (Å²) in [5.74, 6) is 0.190. The Labute approximate surface area is 174 Å². The van der Waals surface area contributed by atoms with Gasteiger partial charge in [-0.25, -0.2) is 8.42 Å². The van der Waals surface area contributed by atoms with E-state index < -0.39 is 10.0 Å². The van der Waals surface area contributed by atoms with Crippen LogP contribution in [-0.2, 0) is 14.8 Å². The van der Waals surface area contributed by atoms with Crippen molar-refractivity contribution in [1.82, 2.24) is 4.31 Å². The molecule has 150 valence electrons. The van der Waals surface area contributed by atoms with Gasteiger partial charge in [0.25, 0.3) is 0 Å². The third kappa shape index (κ3) is 4.92. The van der Waals surface area contributed by atoms with Crippen molar-refractivity contribution < 1.29 is 17.9 Å². The van der Waals surface area contributed by atoms with Crippen LogP contribution in [0.15, 0.2) is 57.9 Å². The van der Waals surface area contributed by atoms with Crippen molar-refractivity contribution in [2.75, 3.05) is 25.0 Å². The standard InChI is InChI=1S/C20H23BrN2O4S/c1-2-27-18-9-7-17(8-10-18)22-20(24)15-4-3-13-23(14-15)28(25,26)19-11-5-16(21)6-12-19/h5-12,15H,2-4,13-14H2,1H3,(H,22,24). The SMILES string of the molecule is CCOc1ccc(NC(=O)C2CCCN(S(=O)(=O)c3ccc(Br)cc3)C2)cc1. The number of amides is 1. The third-order valence-corrected chi connectivity index (χ3v) is 7.05. The number of anilines is 1. The molecule has 0 bridgehead atoms. The normalized spacial score (nSPS) is 17.9. The fourth-order valence-electron chi connectivity index (χ4n) is 3.18. The van der Waals surface area contributed by atoms with Crippen LogP contribution in [0, 0.1) is 5.92 Å². The van der Waals surface area contributed by atoms with Crippen LogP contribution < -0.4 is 10.1 Å². The van der Waals surface area contributed by atoms with E-state index in [9.17, 15) is 13.2 Å². The molecule has 1 N–H and O–H groups in total. The average Bonchev–Trinajstić information content (AvgIpc) is 2.70. The Hall–Kier alpha value is -1.90. The largest absolute Gasteiger partial charge is 0.494 e. The van der Waals surface area contributed by atoms with Crippen molar-refractivity contribution in [3.8, 4) is 5.75 Å². The summed E-state index contributed by atoms with van der Waals surface area (Å²) in [4.78, 5) is 12.9. The molecule has 6 nitrogen and oxygen atoms in total. The van der Waals surface area contributed by atoms with E-state index >= 15 is 0 Å². The summed E-state index contributed by atoms with van der Waals surface area (Å²) < 4.78 is 33.4. The molecule has 0 saturated carbocycles. The van der Waals surface area contributed by atoms with Crippen LogP contribution in [0.2, 0.25) is 0 Å². The van der Waals surface area contributed by atoms with Crippen molar-refractivity contribution in [3.05, 3.63) is 53.0 Å². The van der Waals surface area contributed by atoms with Crippen LogP contribution in [-0.4, -0.2) is 38.3 Å². The second-order valence-corrected chi connectivity index (χ2v) is 9.46. The number of sulfonamides is 1. The maximum atomic E-state index is 12.9. The Kier molecular flexibility index (Phi) is 6.74. The van der Waals surface area contributed by atoms with E-state index in [4.69, 9.17) is 4.74 Å². The number of halogens is 1. The van der Waals surface area contributed by atoms with Gasteiger partial charge in [-0.2, -0.15) is 4.31 Å². The average molecular weight is 467 g/mol. The van der Waals surface area contributed by atoms with E-state index in [2.05, 4.69) is 21.2 Å². The van der Waals surface area contributed by atoms with Crippen LogP contribution >= 0.6 is 15.9 Å². The number of benzene rings is 2. The second-order valence-electron chi connectivity index (χ2n) is 6.60. The molecule has 1 amide bonds. The van der Waals surface area contributed by atoms with Gasteiger partial charge in [-0.3, -0.25) is 4.79 Å². The number of nitrogens with zero attached hydrogens (tertiary/aromatic N) is 1. The van der Waals surface area contributed by atoms with Crippen molar-refractivity contribution in [3.63, 3.8) is 0 Å². The van der Waals surface area contributed by atoms with Crippen LogP contribution in [0.3, 0.4) is 0 Å². The van der Waals surface area contributed by atoms with Gasteiger partial charge in [0, 0.05) is 23.2 Å². The number of carbonyl (C=O) groups excluding carboxylic acids is 1. The fraction of sp³-hybridized carbons (Fsp3) is 0.350. The molecule has 1 unspecified atom stereocenters. The molecular weight excluding hydrogens is 444 g/mol. The van der Waals surface area contributed by atoms with E-state index in [0.717, 1.165) is 10.2 Å². The lowest BCUT2D eigenvalue weighted by Gasteiger charge is -2.31. The van der Waals surface area contributed by atoms with Gasteiger partial charge in [-0.05, 0) is 68.3 Å². The number of piperidine rings is 1. The van der Waals surface area contributed by atoms with Crippen molar-refractivity contribution in [2.24, 2.45) is 5.92 Å². The third-order valence-electron chi connectivity index (χ3n) is 4.64. The molecule has 2 aromatic carbocycles. The zero-order valence-corrected chi connectivity index (χ0v) is 18.0. The summed E-state index contributed by atoms with van der Waals surface area (Å²) in [6, 6.07) is 13.7. The van der Waals surface area contributed by atoms with Crippen molar-refractivity contribution in [2.45, 2.75) is 24.7 Å². The number of nitrogens with one attached hydrogen (secondary N) is 1. The molecule has 0 spiro atoms. The lowest BCUT2D eigenvalue weighted by molar-refractivity contribution is -0.120. The Morgan fingerprint density at radius 3 is 2.50 bits per heavy atom. The Bertz CT molecular complexity index is 914. The van der Waals surface area contributed by atoms with Crippen molar-refractivity contribution in [1.29, 1.82) is 0 Å². The van der Waals surface area contributed by atoms with E-state index in [0.29, 0.717) is 31.7 Å². The predicted molar refractivity (Wildman–Crippen MR) is 112 cm³/mol. The molecule has 0 radical (unpaired) electrons. The van der Waals surface area contributed by atoms with E-state index in [1.807, 2.05) is 6.92 Å². The molecular formula is C20H23BrN2O4S. The Morgan fingerprint density at radius 1 is 1.18 bits per heavy atom. The van der Waals surface area contributed by atoms with E-state index in [-0.39, 0.29) is 23.3 Å². The summed E-state index contributed by atoms with van der Waals surface area (Å²) >= 11 is 3.31. The van der Waals surface area contributed by atoms with Crippen molar-refractivity contribution >= 4 is 37.5 Å². The monoisotopic (exact) mass is 466 g/mol. The van der Waals surface area contributed by atoms with Gasteiger partial charge in [0.05, 0.1) is 17.4 Å². The molecule has 1 aliphatic heterocycles. The van der Waals surface area contributed by atoms with Gasteiger partial charge >= 0.3 is 0 Å². The van der Waals surface area contributed by atoms with Gasteiger partial charge in [0.2, 0.25) is 15.9 Å². The van der Waals surface area contributed by atoms with E-state index in [1.165, 1.54) is 4.31 Å². The number of carbonyl (C=O) groups is 1. The lowest BCUT2D eigenvalue weighted by atomic mass is 9.99. The quantitative estimate of drug-likeness (QED) is 0.700. The number of ether oxygens (including phenoxy) is 1. The van der Waals surface area contributed by atoms with Gasteiger partial charge in [0.15, 0.2) is 0 Å². The molecule has 1 fully saturated rings. The highest BCUT2D eigenvalue weighted by Crippen LogP contribution is 2.26. The minimum atomic E-state index is -3.61. The van der Waals surface area contributed by atoms with Crippen LogP contribution in [0.5, 0.6) is 5.75 Å². The number of hydrogen-bond acceptors (Lipinski definition) is 4. The van der Waals surface area contributed by atoms with Gasteiger partial charge in [0.1, 0.15) is 5.75 Å². The van der Waals surface area contributed by atoms with Gasteiger partial charge in [-0.15, -0.1) is 0 Å². The first-order valence-corrected chi connectivity index (χ1v) is 11.4. The maximum absolute atomic E-state index is 12.9.